The first-order valence-electron chi connectivity index (χ1n) is 4.75. The van der Waals surface area contributed by atoms with Crippen LogP contribution < -0.4 is 9.47 Å². The molecule has 1 N–H and O–H groups in total. The molecule has 1 rings (SSSR count). The lowest BCUT2D eigenvalue weighted by molar-refractivity contribution is -0.132. The summed E-state index contributed by atoms with van der Waals surface area (Å²) in [6.45, 7) is 2.28. The molecule has 6 nitrogen and oxygen atoms in total. The number of carboxylic acid groups (broad SMARTS) is 1. The Morgan fingerprint density at radius 3 is 2.00 bits per heavy atom. The summed E-state index contributed by atoms with van der Waals surface area (Å²) in [6, 6.07) is 2.12. The Hall–Kier alpha value is -2.08. The van der Waals surface area contributed by atoms with Gasteiger partial charge in [0.2, 0.25) is 0 Å². The Morgan fingerprint density at radius 2 is 1.56 bits per heavy atom. The summed E-state index contributed by atoms with van der Waals surface area (Å²) in [4.78, 5) is 32.6. The number of hydrogen-bond acceptors (Lipinski definition) is 5. The van der Waals surface area contributed by atoms with Gasteiger partial charge in [0.05, 0.1) is 5.02 Å². The number of carboxylic acids is 1. The predicted molar refractivity (Wildman–Crippen MR) is 61.0 cm³/mol. The zero-order valence-electron chi connectivity index (χ0n) is 9.52. The molecular formula is C11H9ClO6. The molecule has 1 aromatic rings. The van der Waals surface area contributed by atoms with Crippen molar-refractivity contribution in [3.8, 4) is 11.5 Å². The Kier molecular flexibility index (Phi) is 4.28. The highest BCUT2D eigenvalue weighted by molar-refractivity contribution is 6.32. The zero-order valence-corrected chi connectivity index (χ0v) is 10.3. The van der Waals surface area contributed by atoms with Gasteiger partial charge < -0.3 is 14.6 Å². The first-order chi connectivity index (χ1) is 8.31. The number of esters is 2. The van der Waals surface area contributed by atoms with Crippen LogP contribution in [-0.4, -0.2) is 23.0 Å². The summed E-state index contributed by atoms with van der Waals surface area (Å²) in [6.07, 6.45) is 0. The molecule has 0 bridgehead atoms. The van der Waals surface area contributed by atoms with Crippen LogP contribution in [0.5, 0.6) is 11.5 Å². The topological polar surface area (TPSA) is 89.9 Å². The van der Waals surface area contributed by atoms with Crippen molar-refractivity contribution in [2.24, 2.45) is 0 Å². The molecule has 0 saturated carbocycles. The predicted octanol–water partition coefficient (Wildman–Crippen LogP) is 1.89. The summed E-state index contributed by atoms with van der Waals surface area (Å²) in [7, 11) is 0. The third-order valence-corrected chi connectivity index (χ3v) is 2.07. The van der Waals surface area contributed by atoms with Crippen LogP contribution in [0, 0.1) is 0 Å². The van der Waals surface area contributed by atoms with Gasteiger partial charge in [-0.15, -0.1) is 0 Å². The summed E-state index contributed by atoms with van der Waals surface area (Å²) in [5.41, 5.74) is -0.300. The van der Waals surface area contributed by atoms with Crippen LogP contribution in [0.3, 0.4) is 0 Å². The molecule has 96 valence electrons. The molecule has 0 spiro atoms. The Labute approximate surface area is 107 Å². The number of hydrogen-bond donors (Lipinski definition) is 1. The molecule has 0 saturated heterocycles. The van der Waals surface area contributed by atoms with Crippen LogP contribution in [0.15, 0.2) is 12.1 Å². The summed E-state index contributed by atoms with van der Waals surface area (Å²) >= 11 is 5.75. The van der Waals surface area contributed by atoms with E-state index in [9.17, 15) is 14.4 Å². The fourth-order valence-electron chi connectivity index (χ4n) is 1.17. The average Bonchev–Trinajstić information content (AvgIpc) is 2.20. The fourth-order valence-corrected chi connectivity index (χ4v) is 1.38. The standard InChI is InChI=1S/C11H9ClO6/c1-5(13)17-9-4-10(18-6(2)14)8(12)3-7(9)11(15)16/h3-4H,1-2H3,(H,15,16). The number of benzene rings is 1. The van der Waals surface area contributed by atoms with E-state index in [1.54, 1.807) is 0 Å². The summed E-state index contributed by atoms with van der Waals surface area (Å²) < 4.78 is 9.46. The second-order valence-corrected chi connectivity index (χ2v) is 3.68. The molecule has 0 heterocycles. The maximum atomic E-state index is 10.9. The van der Waals surface area contributed by atoms with Gasteiger partial charge in [0.25, 0.3) is 0 Å². The molecule has 0 fully saturated rings. The van der Waals surface area contributed by atoms with Gasteiger partial charge in [-0.05, 0) is 6.07 Å². The molecule has 0 aromatic heterocycles. The van der Waals surface area contributed by atoms with E-state index < -0.39 is 17.9 Å². The van der Waals surface area contributed by atoms with E-state index >= 15 is 0 Å². The number of ether oxygens (including phenoxy) is 2. The zero-order chi connectivity index (χ0) is 13.9. The van der Waals surface area contributed by atoms with Crippen LogP contribution in [0.4, 0.5) is 0 Å². The van der Waals surface area contributed by atoms with Crippen LogP contribution in [-0.2, 0) is 9.59 Å². The quantitative estimate of drug-likeness (QED) is 0.667. The smallest absolute Gasteiger partial charge is 0.339 e. The molecule has 0 aliphatic carbocycles. The van der Waals surface area contributed by atoms with Gasteiger partial charge in [-0.2, -0.15) is 0 Å². The van der Waals surface area contributed by atoms with Crippen LogP contribution in [0.1, 0.15) is 24.2 Å². The highest BCUT2D eigenvalue weighted by Gasteiger charge is 2.18. The van der Waals surface area contributed by atoms with E-state index in [4.69, 9.17) is 26.2 Å². The molecular weight excluding hydrogens is 264 g/mol. The van der Waals surface area contributed by atoms with Gasteiger partial charge in [-0.25, -0.2) is 4.79 Å². The third-order valence-electron chi connectivity index (χ3n) is 1.77. The number of carbonyl (C=O) groups is 3. The SMILES string of the molecule is CC(=O)Oc1cc(OC(C)=O)c(C(=O)O)cc1Cl. The summed E-state index contributed by atoms with van der Waals surface area (Å²) in [5.74, 6) is -2.97. The maximum Gasteiger partial charge on any atom is 0.339 e. The highest BCUT2D eigenvalue weighted by Crippen LogP contribution is 2.33. The van der Waals surface area contributed by atoms with Gasteiger partial charge >= 0.3 is 17.9 Å². The van der Waals surface area contributed by atoms with Crippen LogP contribution in [0.2, 0.25) is 5.02 Å². The Balaban J connectivity index is 3.30. The van der Waals surface area contributed by atoms with Gasteiger partial charge in [0.1, 0.15) is 11.3 Å². The van der Waals surface area contributed by atoms with Gasteiger partial charge in [-0.1, -0.05) is 11.6 Å². The van der Waals surface area contributed by atoms with Crippen molar-refractivity contribution in [2.75, 3.05) is 0 Å². The number of halogens is 1. The lowest BCUT2D eigenvalue weighted by Crippen LogP contribution is -2.09. The lowest BCUT2D eigenvalue weighted by Gasteiger charge is -2.10. The van der Waals surface area contributed by atoms with Crippen molar-refractivity contribution < 1.29 is 29.0 Å². The molecule has 0 unspecified atom stereocenters. The van der Waals surface area contributed by atoms with Gasteiger partial charge in [0, 0.05) is 19.9 Å². The van der Waals surface area contributed by atoms with Crippen LogP contribution >= 0.6 is 11.6 Å². The second kappa shape index (κ2) is 5.50. The second-order valence-electron chi connectivity index (χ2n) is 3.27. The third kappa shape index (κ3) is 3.46. The van der Waals surface area contributed by atoms with Crippen molar-refractivity contribution in [2.45, 2.75) is 13.8 Å². The van der Waals surface area contributed by atoms with Gasteiger partial charge in [-0.3, -0.25) is 9.59 Å². The van der Waals surface area contributed by atoms with E-state index in [0.29, 0.717) is 0 Å². The minimum atomic E-state index is -1.32. The minimum absolute atomic E-state index is 0.0708. The first-order valence-corrected chi connectivity index (χ1v) is 5.12. The maximum absolute atomic E-state index is 10.9. The van der Waals surface area contributed by atoms with Crippen molar-refractivity contribution in [3.05, 3.63) is 22.7 Å². The number of carbonyl (C=O) groups excluding carboxylic acids is 2. The molecule has 0 amide bonds. The monoisotopic (exact) mass is 272 g/mol. The van der Waals surface area contributed by atoms with Crippen molar-refractivity contribution >= 4 is 29.5 Å². The van der Waals surface area contributed by atoms with E-state index in [-0.39, 0.29) is 22.1 Å². The van der Waals surface area contributed by atoms with E-state index in [1.807, 2.05) is 0 Å². The Morgan fingerprint density at radius 1 is 1.06 bits per heavy atom. The molecule has 0 atom stereocenters. The molecule has 0 aliphatic heterocycles. The number of aromatic carboxylic acids is 1. The van der Waals surface area contributed by atoms with Gasteiger partial charge in [0.15, 0.2) is 5.75 Å². The first kappa shape index (κ1) is 14.0. The number of rotatable bonds is 3. The molecule has 1 aromatic carbocycles. The molecule has 18 heavy (non-hydrogen) atoms. The van der Waals surface area contributed by atoms with E-state index in [2.05, 4.69) is 0 Å². The Bertz CT molecular complexity index is 523. The van der Waals surface area contributed by atoms with Crippen LogP contribution in [0.25, 0.3) is 0 Å². The van der Waals surface area contributed by atoms with Crippen molar-refractivity contribution in [1.29, 1.82) is 0 Å². The summed E-state index contributed by atoms with van der Waals surface area (Å²) in [5, 5.41) is 8.85. The van der Waals surface area contributed by atoms with Crippen molar-refractivity contribution in [3.63, 3.8) is 0 Å². The highest BCUT2D eigenvalue weighted by atomic mass is 35.5. The van der Waals surface area contributed by atoms with E-state index in [1.165, 1.54) is 0 Å². The van der Waals surface area contributed by atoms with E-state index in [0.717, 1.165) is 26.0 Å². The lowest BCUT2D eigenvalue weighted by atomic mass is 10.2. The molecule has 0 radical (unpaired) electrons. The van der Waals surface area contributed by atoms with Crippen molar-refractivity contribution in [1.82, 2.24) is 0 Å². The molecule has 7 heteroatoms. The average molecular weight is 273 g/mol. The normalized spacial score (nSPS) is 9.72. The molecule has 0 aliphatic rings. The fraction of sp³-hybridized carbons (Fsp3) is 0.182. The largest absolute Gasteiger partial charge is 0.478 e. The minimum Gasteiger partial charge on any atom is -0.478 e.